The van der Waals surface area contributed by atoms with Crippen LogP contribution in [0.15, 0.2) is 22.1 Å². The van der Waals surface area contributed by atoms with Gasteiger partial charge in [-0.1, -0.05) is 38.8 Å². The highest BCUT2D eigenvalue weighted by atomic mass is 19.3. The molecule has 1 rings (SSSR count). The van der Waals surface area contributed by atoms with E-state index in [9.17, 15) is 13.9 Å². The number of aliphatic imine (C=N–C) groups is 2. The van der Waals surface area contributed by atoms with Crippen molar-refractivity contribution in [2.24, 2.45) is 15.9 Å². The number of unbranched alkanes of at least 4 members (excludes halogenated alkanes) is 4. The van der Waals surface area contributed by atoms with E-state index < -0.39 is 18.1 Å². The summed E-state index contributed by atoms with van der Waals surface area (Å²) in [7, 11) is 0. The Morgan fingerprint density at radius 1 is 1.00 bits per heavy atom. The lowest BCUT2D eigenvalue weighted by Gasteiger charge is -2.37. The fraction of sp³-hybridized carbons (Fsp3) is 0.833. The molecule has 1 aliphatic heterocycles. The van der Waals surface area contributed by atoms with Crippen molar-refractivity contribution in [3.8, 4) is 0 Å². The number of hydrogen-bond acceptors (Lipinski definition) is 5. The molecule has 0 aromatic rings. The molecule has 0 saturated heterocycles. The van der Waals surface area contributed by atoms with E-state index in [1.54, 1.807) is 0 Å². The molecule has 7 heteroatoms. The molecule has 3 atom stereocenters. The van der Waals surface area contributed by atoms with Crippen molar-refractivity contribution in [1.29, 1.82) is 0 Å². The monoisotopic (exact) mass is 444 g/mol. The molecular weight excluding hydrogens is 402 g/mol. The van der Waals surface area contributed by atoms with Crippen LogP contribution in [0.5, 0.6) is 0 Å². The second-order valence-corrected chi connectivity index (χ2v) is 8.53. The summed E-state index contributed by atoms with van der Waals surface area (Å²) in [6, 6.07) is -0.206. The molecule has 1 heterocycles. The fourth-order valence-corrected chi connectivity index (χ4v) is 3.58. The number of nitrogens with zero attached hydrogens (tertiary/aromatic N) is 2. The van der Waals surface area contributed by atoms with Crippen LogP contribution in [0.4, 0.5) is 8.78 Å². The predicted octanol–water partition coefficient (Wildman–Crippen LogP) is 5.96. The Balaban J connectivity index is 2.60. The molecule has 1 N–H and O–H groups in total. The smallest absolute Gasteiger partial charge is 0.238 e. The van der Waals surface area contributed by atoms with E-state index in [1.807, 2.05) is 20.8 Å². The van der Waals surface area contributed by atoms with Gasteiger partial charge in [-0.15, -0.1) is 0 Å². The van der Waals surface area contributed by atoms with Gasteiger partial charge in [-0.25, -0.2) is 18.8 Å². The summed E-state index contributed by atoms with van der Waals surface area (Å²) < 4.78 is 35.7. The van der Waals surface area contributed by atoms with Gasteiger partial charge in [-0.2, -0.15) is 0 Å². The number of halogens is 2. The molecule has 0 bridgehead atoms. The molecule has 0 amide bonds. The molecule has 0 saturated carbocycles. The second kappa shape index (κ2) is 14.5. The molecule has 1 unspecified atom stereocenters. The zero-order chi connectivity index (χ0) is 23.3. The number of aliphatic hydroxyl groups excluding tert-OH is 1. The first-order valence-electron chi connectivity index (χ1n) is 11.8. The number of rotatable bonds is 14. The lowest BCUT2D eigenvalue weighted by atomic mass is 9.89. The van der Waals surface area contributed by atoms with Crippen molar-refractivity contribution in [3.05, 3.63) is 12.2 Å². The summed E-state index contributed by atoms with van der Waals surface area (Å²) in [4.78, 5) is 9.55. The Morgan fingerprint density at radius 2 is 1.65 bits per heavy atom. The van der Waals surface area contributed by atoms with Crippen LogP contribution in [0.25, 0.3) is 0 Å². The van der Waals surface area contributed by atoms with Gasteiger partial charge in [0, 0.05) is 6.42 Å². The molecule has 5 nitrogen and oxygen atoms in total. The Bertz CT molecular complexity index is 593. The average Bonchev–Trinajstić information content (AvgIpc) is 2.71. The van der Waals surface area contributed by atoms with Crippen molar-refractivity contribution in [2.75, 3.05) is 13.2 Å². The normalized spacial score (nSPS) is 22.7. The Morgan fingerprint density at radius 3 is 2.26 bits per heavy atom. The number of hydrogen-bond donors (Lipinski definition) is 1. The zero-order valence-corrected chi connectivity index (χ0v) is 19.9. The highest BCUT2D eigenvalue weighted by Gasteiger charge is 2.45. The molecule has 0 radical (unpaired) electrons. The van der Waals surface area contributed by atoms with E-state index in [0.717, 1.165) is 25.7 Å². The molecule has 0 fully saturated rings. The maximum atomic E-state index is 12.1. The van der Waals surface area contributed by atoms with Crippen molar-refractivity contribution >= 4 is 11.8 Å². The van der Waals surface area contributed by atoms with E-state index in [-0.39, 0.29) is 18.4 Å². The third kappa shape index (κ3) is 9.26. The summed E-state index contributed by atoms with van der Waals surface area (Å²) in [5, 5.41) is 11.0. The Hall–Kier alpha value is -1.50. The van der Waals surface area contributed by atoms with E-state index >= 15 is 0 Å². The average molecular weight is 445 g/mol. The molecule has 31 heavy (non-hydrogen) atoms. The quantitative estimate of drug-likeness (QED) is 0.266. The number of aliphatic hydroxyl groups is 1. The fourth-order valence-electron chi connectivity index (χ4n) is 3.58. The summed E-state index contributed by atoms with van der Waals surface area (Å²) >= 11 is 0. The summed E-state index contributed by atoms with van der Waals surface area (Å²) in [5.41, 5.74) is -0.968. The number of alkyl halides is 2. The van der Waals surface area contributed by atoms with Crippen molar-refractivity contribution < 1.29 is 23.4 Å². The van der Waals surface area contributed by atoms with Gasteiger partial charge in [0.05, 0.1) is 19.3 Å². The molecule has 1 aliphatic rings. The van der Waals surface area contributed by atoms with E-state index in [0.29, 0.717) is 44.3 Å². The van der Waals surface area contributed by atoms with Gasteiger partial charge < -0.3 is 14.6 Å². The minimum atomic E-state index is -2.18. The first kappa shape index (κ1) is 27.5. The van der Waals surface area contributed by atoms with Crippen molar-refractivity contribution in [1.82, 2.24) is 0 Å². The molecule has 0 aromatic carbocycles. The third-order valence-corrected chi connectivity index (χ3v) is 5.45. The second-order valence-electron chi connectivity index (χ2n) is 8.53. The van der Waals surface area contributed by atoms with Crippen LogP contribution >= 0.6 is 0 Å². The molecular formula is C24H42F2N2O3. The minimum absolute atomic E-state index is 0.00490. The van der Waals surface area contributed by atoms with Crippen molar-refractivity contribution in [2.45, 2.75) is 110 Å². The zero-order valence-electron chi connectivity index (χ0n) is 19.9. The highest BCUT2D eigenvalue weighted by molar-refractivity contribution is 5.97. The first-order chi connectivity index (χ1) is 14.8. The number of ether oxygens (including phenoxy) is 2. The van der Waals surface area contributed by atoms with Gasteiger partial charge >= 0.3 is 0 Å². The van der Waals surface area contributed by atoms with Crippen molar-refractivity contribution in [3.63, 3.8) is 0 Å². The van der Waals surface area contributed by atoms with Crippen LogP contribution in [0, 0.1) is 5.92 Å². The summed E-state index contributed by atoms with van der Waals surface area (Å²) in [6.07, 6.45) is 6.83. The van der Waals surface area contributed by atoms with Gasteiger partial charge in [0.1, 0.15) is 6.04 Å². The third-order valence-electron chi connectivity index (χ3n) is 5.45. The van der Waals surface area contributed by atoms with Crippen LogP contribution in [0.3, 0.4) is 0 Å². The summed E-state index contributed by atoms with van der Waals surface area (Å²) in [5.74, 6) is 1.24. The van der Waals surface area contributed by atoms with Crippen LogP contribution in [0.1, 0.15) is 86.0 Å². The van der Waals surface area contributed by atoms with Crippen LogP contribution in [-0.2, 0) is 9.47 Å². The Kier molecular flexibility index (Phi) is 12.9. The van der Waals surface area contributed by atoms with Crippen LogP contribution in [0.2, 0.25) is 0 Å². The van der Waals surface area contributed by atoms with Crippen LogP contribution < -0.4 is 0 Å². The van der Waals surface area contributed by atoms with Gasteiger partial charge in [0.25, 0.3) is 0 Å². The van der Waals surface area contributed by atoms with E-state index in [2.05, 4.69) is 26.0 Å². The number of allylic oxidation sites excluding steroid dienone is 2. The van der Waals surface area contributed by atoms with Gasteiger partial charge in [-0.3, -0.25) is 0 Å². The topological polar surface area (TPSA) is 63.4 Å². The minimum Gasteiger partial charge on any atom is -0.480 e. The highest BCUT2D eigenvalue weighted by Crippen LogP contribution is 2.30. The largest absolute Gasteiger partial charge is 0.480 e. The molecule has 0 aliphatic carbocycles. The maximum Gasteiger partial charge on any atom is 0.238 e. The van der Waals surface area contributed by atoms with E-state index in [4.69, 9.17) is 19.5 Å². The predicted molar refractivity (Wildman–Crippen MR) is 123 cm³/mol. The van der Waals surface area contributed by atoms with Crippen LogP contribution in [-0.4, -0.2) is 54.2 Å². The van der Waals surface area contributed by atoms with Gasteiger partial charge in [0.2, 0.25) is 18.2 Å². The first-order valence-corrected chi connectivity index (χ1v) is 11.8. The lowest BCUT2D eigenvalue weighted by Crippen LogP contribution is -2.52. The van der Waals surface area contributed by atoms with E-state index in [1.165, 1.54) is 0 Å². The van der Waals surface area contributed by atoms with Gasteiger partial charge in [0.15, 0.2) is 5.54 Å². The Labute approximate surface area is 187 Å². The van der Waals surface area contributed by atoms with Gasteiger partial charge in [-0.05, 0) is 58.8 Å². The SMILES string of the molecule is CCOC1=N[C@@](C)(C(O)CC/C=C/CCCCCCC(F)F)C(OCC)=N[C@@H]1C(C)C. The standard InChI is InChI=1S/C24H42F2N2O3/c1-6-30-22-21(18(3)4)27-23(31-7-2)24(5,28-22)19(29)16-14-12-10-8-9-11-13-15-17-20(25)26/h10,12,18-21,29H,6-9,11,13-17H2,1-5H3/b12-10+/t19?,21-,24+/m1/s1. The molecule has 0 aromatic heterocycles. The maximum absolute atomic E-state index is 12.1. The molecule has 180 valence electrons. The molecule has 0 spiro atoms. The lowest BCUT2D eigenvalue weighted by molar-refractivity contribution is 0.0997. The summed E-state index contributed by atoms with van der Waals surface area (Å²) in [6.45, 7) is 10.8.